The van der Waals surface area contributed by atoms with Gasteiger partial charge < -0.3 is 4.90 Å². The molecule has 0 N–H and O–H groups in total. The summed E-state index contributed by atoms with van der Waals surface area (Å²) < 4.78 is 0. The van der Waals surface area contributed by atoms with Crippen LogP contribution in [0.5, 0.6) is 0 Å². The van der Waals surface area contributed by atoms with E-state index in [4.69, 9.17) is 0 Å². The number of hydrogen-bond acceptors (Lipinski definition) is 1. The average Bonchev–Trinajstić information content (AvgIpc) is 2.45. The van der Waals surface area contributed by atoms with Gasteiger partial charge in [0.2, 0.25) is 0 Å². The Balaban J connectivity index is 2.49. The Labute approximate surface area is 123 Å². The van der Waals surface area contributed by atoms with E-state index < -0.39 is 0 Å². The van der Waals surface area contributed by atoms with Gasteiger partial charge in [-0.1, -0.05) is 64.1 Å². The Morgan fingerprint density at radius 1 is 0.600 bits per heavy atom. The molecule has 2 aromatic rings. The fraction of sp³-hybridized carbons (Fsp3) is 0.368. The number of nitrogens with zero attached hydrogens (tertiary/aromatic N) is 1. The van der Waals surface area contributed by atoms with Crippen molar-refractivity contribution in [2.45, 2.75) is 33.7 Å². The van der Waals surface area contributed by atoms with E-state index >= 15 is 0 Å². The van der Waals surface area contributed by atoms with Gasteiger partial charge in [0.05, 0.1) is 0 Å². The summed E-state index contributed by atoms with van der Waals surface area (Å²) in [5.41, 5.74) is 2.54. The lowest BCUT2D eigenvalue weighted by atomic mass is 9.90. The Morgan fingerprint density at radius 3 is 1.25 bits per heavy atom. The number of para-hydroxylation sites is 2. The zero-order valence-electron chi connectivity index (χ0n) is 13.0. The molecule has 0 aliphatic carbocycles. The van der Waals surface area contributed by atoms with Crippen LogP contribution in [0, 0.1) is 11.8 Å². The number of benzene rings is 2. The number of rotatable bonds is 5. The molecule has 106 valence electrons. The average molecular weight is 267 g/mol. The van der Waals surface area contributed by atoms with E-state index in [1.165, 1.54) is 11.4 Å². The van der Waals surface area contributed by atoms with Crippen LogP contribution in [-0.4, -0.2) is 6.04 Å². The predicted octanol–water partition coefficient (Wildman–Crippen LogP) is 5.51. The summed E-state index contributed by atoms with van der Waals surface area (Å²) in [6.07, 6.45) is 0. The third-order valence-electron chi connectivity index (χ3n) is 3.73. The monoisotopic (exact) mass is 267 g/mol. The van der Waals surface area contributed by atoms with Crippen LogP contribution in [0.4, 0.5) is 11.4 Å². The molecule has 20 heavy (non-hydrogen) atoms. The zero-order valence-corrected chi connectivity index (χ0v) is 13.0. The zero-order chi connectivity index (χ0) is 14.5. The Morgan fingerprint density at radius 2 is 0.950 bits per heavy atom. The normalized spacial score (nSPS) is 11.3. The van der Waals surface area contributed by atoms with Crippen molar-refractivity contribution in [3.63, 3.8) is 0 Å². The third-order valence-corrected chi connectivity index (χ3v) is 3.73. The molecule has 0 bridgehead atoms. The Kier molecular flexibility index (Phi) is 4.84. The molecule has 1 heteroatoms. The van der Waals surface area contributed by atoms with Crippen molar-refractivity contribution in [2.75, 3.05) is 4.90 Å². The smallest absolute Gasteiger partial charge is 0.0413 e. The molecule has 0 aromatic heterocycles. The Bertz CT molecular complexity index is 454. The van der Waals surface area contributed by atoms with Gasteiger partial charge in [-0.15, -0.1) is 0 Å². The molecule has 2 rings (SSSR count). The topological polar surface area (TPSA) is 3.24 Å². The molecule has 1 nitrogen and oxygen atoms in total. The van der Waals surface area contributed by atoms with Gasteiger partial charge in [-0.2, -0.15) is 0 Å². The van der Waals surface area contributed by atoms with Crippen molar-refractivity contribution < 1.29 is 0 Å². The summed E-state index contributed by atoms with van der Waals surface area (Å²) in [5.74, 6) is 1.19. The molecule has 0 aliphatic heterocycles. The van der Waals surface area contributed by atoms with Gasteiger partial charge in [0.15, 0.2) is 0 Å². The molecule has 0 saturated heterocycles. The van der Waals surface area contributed by atoms with Gasteiger partial charge in [-0.3, -0.25) is 0 Å². The van der Waals surface area contributed by atoms with Crippen molar-refractivity contribution in [1.82, 2.24) is 0 Å². The lowest BCUT2D eigenvalue weighted by Crippen LogP contribution is -2.39. The SMILES string of the molecule is CC(C)C(C(C)C)N(c1ccccc1)c1ccccc1. The summed E-state index contributed by atoms with van der Waals surface area (Å²) in [6, 6.07) is 21.9. The standard InChI is InChI=1S/C19H25N/c1-15(2)19(16(3)4)20(17-11-7-5-8-12-17)18-13-9-6-10-14-18/h5-16,19H,1-4H3. The molecular weight excluding hydrogens is 242 g/mol. The van der Waals surface area contributed by atoms with Crippen LogP contribution >= 0.6 is 0 Å². The van der Waals surface area contributed by atoms with Gasteiger partial charge in [-0.25, -0.2) is 0 Å². The van der Waals surface area contributed by atoms with Crippen LogP contribution in [0.3, 0.4) is 0 Å². The second kappa shape index (κ2) is 6.60. The first-order chi connectivity index (χ1) is 9.61. The lowest BCUT2D eigenvalue weighted by Gasteiger charge is -2.39. The summed E-state index contributed by atoms with van der Waals surface area (Å²) in [6.45, 7) is 9.24. The highest BCUT2D eigenvalue weighted by atomic mass is 15.2. The lowest BCUT2D eigenvalue weighted by molar-refractivity contribution is 0.381. The largest absolute Gasteiger partial charge is 0.338 e. The molecule has 0 aliphatic rings. The molecule has 0 unspecified atom stereocenters. The molecule has 0 heterocycles. The first-order valence-electron chi connectivity index (χ1n) is 7.50. The van der Waals surface area contributed by atoms with Crippen LogP contribution < -0.4 is 4.90 Å². The predicted molar refractivity (Wildman–Crippen MR) is 88.5 cm³/mol. The minimum absolute atomic E-state index is 0.486. The van der Waals surface area contributed by atoms with Crippen molar-refractivity contribution in [1.29, 1.82) is 0 Å². The van der Waals surface area contributed by atoms with E-state index in [0.29, 0.717) is 17.9 Å². The maximum absolute atomic E-state index is 2.48. The minimum atomic E-state index is 0.486. The van der Waals surface area contributed by atoms with Crippen LogP contribution in [-0.2, 0) is 0 Å². The highest BCUT2D eigenvalue weighted by molar-refractivity contribution is 5.64. The molecule has 0 saturated carbocycles. The van der Waals surface area contributed by atoms with E-state index in [2.05, 4.69) is 93.3 Å². The van der Waals surface area contributed by atoms with Crippen molar-refractivity contribution in [3.8, 4) is 0 Å². The second-order valence-corrected chi connectivity index (χ2v) is 6.02. The molecule has 0 spiro atoms. The van der Waals surface area contributed by atoms with Gasteiger partial charge in [0.1, 0.15) is 0 Å². The maximum Gasteiger partial charge on any atom is 0.0413 e. The molecule has 0 amide bonds. The van der Waals surface area contributed by atoms with E-state index in [-0.39, 0.29) is 0 Å². The number of hydrogen-bond donors (Lipinski definition) is 0. The number of anilines is 2. The van der Waals surface area contributed by atoms with Crippen LogP contribution in [0.1, 0.15) is 27.7 Å². The van der Waals surface area contributed by atoms with Gasteiger partial charge >= 0.3 is 0 Å². The molecule has 0 fully saturated rings. The summed E-state index contributed by atoms with van der Waals surface area (Å²) in [5, 5.41) is 0. The van der Waals surface area contributed by atoms with Crippen LogP contribution in [0.2, 0.25) is 0 Å². The summed E-state index contributed by atoms with van der Waals surface area (Å²) >= 11 is 0. The fourth-order valence-electron chi connectivity index (χ4n) is 3.04. The van der Waals surface area contributed by atoms with Crippen molar-refractivity contribution in [3.05, 3.63) is 60.7 Å². The molecule has 0 atom stereocenters. The highest BCUT2D eigenvalue weighted by Crippen LogP contribution is 2.33. The van der Waals surface area contributed by atoms with Crippen LogP contribution in [0.25, 0.3) is 0 Å². The molecule has 0 radical (unpaired) electrons. The van der Waals surface area contributed by atoms with Crippen molar-refractivity contribution in [2.24, 2.45) is 11.8 Å². The van der Waals surface area contributed by atoms with E-state index in [1.807, 2.05) is 0 Å². The first-order valence-corrected chi connectivity index (χ1v) is 7.50. The summed E-state index contributed by atoms with van der Waals surface area (Å²) in [7, 11) is 0. The first kappa shape index (κ1) is 14.6. The minimum Gasteiger partial charge on any atom is -0.338 e. The highest BCUT2D eigenvalue weighted by Gasteiger charge is 2.26. The van der Waals surface area contributed by atoms with Gasteiger partial charge in [0.25, 0.3) is 0 Å². The van der Waals surface area contributed by atoms with Crippen LogP contribution in [0.15, 0.2) is 60.7 Å². The van der Waals surface area contributed by atoms with Gasteiger partial charge in [-0.05, 0) is 36.1 Å². The third kappa shape index (κ3) is 3.22. The van der Waals surface area contributed by atoms with E-state index in [1.54, 1.807) is 0 Å². The van der Waals surface area contributed by atoms with Gasteiger partial charge in [0, 0.05) is 17.4 Å². The quantitative estimate of drug-likeness (QED) is 0.691. The Hall–Kier alpha value is -1.76. The van der Waals surface area contributed by atoms with E-state index in [0.717, 1.165) is 0 Å². The fourth-order valence-corrected chi connectivity index (χ4v) is 3.04. The second-order valence-electron chi connectivity index (χ2n) is 6.02. The molecular formula is C19H25N. The maximum atomic E-state index is 2.48. The van der Waals surface area contributed by atoms with E-state index in [9.17, 15) is 0 Å². The van der Waals surface area contributed by atoms with Crippen molar-refractivity contribution >= 4 is 11.4 Å². The summed E-state index contributed by atoms with van der Waals surface area (Å²) in [4.78, 5) is 2.48. The molecule has 2 aromatic carbocycles.